The minimum Gasteiger partial charge on any atom is -0.310 e. The number of hydrogen-bond donors (Lipinski definition) is 1. The summed E-state index contributed by atoms with van der Waals surface area (Å²) in [6.07, 6.45) is 9.73. The van der Waals surface area contributed by atoms with Crippen molar-refractivity contribution in [2.45, 2.75) is 52.4 Å². The van der Waals surface area contributed by atoms with Crippen molar-refractivity contribution in [3.63, 3.8) is 0 Å². The summed E-state index contributed by atoms with van der Waals surface area (Å²) in [6, 6.07) is 0. The van der Waals surface area contributed by atoms with Gasteiger partial charge in [0.1, 0.15) is 0 Å². The molecule has 0 amide bonds. The van der Waals surface area contributed by atoms with Gasteiger partial charge in [-0.25, -0.2) is 0 Å². The van der Waals surface area contributed by atoms with Crippen LogP contribution in [0.1, 0.15) is 52.4 Å². The Balaban J connectivity index is 3.02. The maximum atomic E-state index is 4.03. The lowest BCUT2D eigenvalue weighted by Crippen LogP contribution is -2.07. The van der Waals surface area contributed by atoms with Crippen molar-refractivity contribution in [3.8, 4) is 0 Å². The van der Waals surface area contributed by atoms with Gasteiger partial charge in [-0.1, -0.05) is 45.6 Å². The average molecular weight is 196 g/mol. The first-order valence-corrected chi connectivity index (χ1v) is 5.68. The predicted octanol–water partition coefficient (Wildman–Crippen LogP) is 3.50. The van der Waals surface area contributed by atoms with Crippen LogP contribution in [-0.4, -0.2) is 12.8 Å². The van der Waals surface area contributed by atoms with Gasteiger partial charge in [0.2, 0.25) is 0 Å². The summed E-state index contributed by atoms with van der Waals surface area (Å²) in [6.45, 7) is 8.90. The van der Waals surface area contributed by atoms with Crippen molar-refractivity contribution in [3.05, 3.63) is 12.2 Å². The van der Waals surface area contributed by atoms with Crippen molar-refractivity contribution in [1.82, 2.24) is 5.43 Å². The molecule has 0 saturated heterocycles. The molecule has 0 saturated carbocycles. The molecule has 0 aromatic heterocycles. The molecule has 0 aromatic carbocycles. The molecule has 0 radical (unpaired) electrons. The molecule has 82 valence electrons. The monoisotopic (exact) mass is 196 g/mol. The van der Waals surface area contributed by atoms with E-state index in [1.54, 1.807) is 6.21 Å². The Morgan fingerprint density at radius 3 is 2.50 bits per heavy atom. The van der Waals surface area contributed by atoms with Crippen LogP contribution in [-0.2, 0) is 0 Å². The summed E-state index contributed by atoms with van der Waals surface area (Å²) >= 11 is 0. The van der Waals surface area contributed by atoms with Crippen LogP contribution < -0.4 is 5.43 Å². The summed E-state index contributed by atoms with van der Waals surface area (Å²) in [4.78, 5) is 0. The van der Waals surface area contributed by atoms with E-state index in [2.05, 4.69) is 24.0 Å². The molecule has 0 fully saturated rings. The second-order valence-electron chi connectivity index (χ2n) is 3.78. The predicted molar refractivity (Wildman–Crippen MR) is 64.7 cm³/mol. The zero-order valence-corrected chi connectivity index (χ0v) is 9.68. The molecule has 0 aliphatic rings. The van der Waals surface area contributed by atoms with Crippen LogP contribution in [0.15, 0.2) is 17.3 Å². The van der Waals surface area contributed by atoms with Crippen molar-refractivity contribution < 1.29 is 0 Å². The minimum atomic E-state index is 0.982. The lowest BCUT2D eigenvalue weighted by atomic mass is 10.1. The van der Waals surface area contributed by atoms with Crippen molar-refractivity contribution >= 4 is 6.21 Å². The van der Waals surface area contributed by atoms with Gasteiger partial charge < -0.3 is 5.43 Å². The molecular formula is C12H24N2. The van der Waals surface area contributed by atoms with E-state index in [-0.39, 0.29) is 0 Å². The molecule has 0 heterocycles. The van der Waals surface area contributed by atoms with Crippen molar-refractivity contribution in [1.29, 1.82) is 0 Å². The topological polar surface area (TPSA) is 24.4 Å². The Morgan fingerprint density at radius 1 is 1.21 bits per heavy atom. The van der Waals surface area contributed by atoms with Gasteiger partial charge >= 0.3 is 0 Å². The summed E-state index contributed by atoms with van der Waals surface area (Å²) in [7, 11) is 0. The maximum Gasteiger partial charge on any atom is 0.0491 e. The second-order valence-corrected chi connectivity index (χ2v) is 3.78. The van der Waals surface area contributed by atoms with Crippen LogP contribution >= 0.6 is 0 Å². The van der Waals surface area contributed by atoms with E-state index in [0.717, 1.165) is 12.1 Å². The highest BCUT2D eigenvalue weighted by molar-refractivity contribution is 5.76. The average Bonchev–Trinajstić information content (AvgIpc) is 2.15. The molecule has 0 rings (SSSR count). The van der Waals surface area contributed by atoms with Crippen LogP contribution in [0, 0.1) is 0 Å². The van der Waals surface area contributed by atoms with E-state index in [1.165, 1.54) is 38.5 Å². The number of allylic oxidation sites excluding steroid dienone is 1. The molecule has 0 aliphatic carbocycles. The molecule has 0 spiro atoms. The van der Waals surface area contributed by atoms with Gasteiger partial charge in [0, 0.05) is 12.8 Å². The SMILES string of the molecule is C=C(C)C=NNCCCCCCCC. The molecule has 2 nitrogen and oxygen atoms in total. The Kier molecular flexibility index (Phi) is 9.71. The van der Waals surface area contributed by atoms with Crippen LogP contribution in [0.2, 0.25) is 0 Å². The van der Waals surface area contributed by atoms with Crippen LogP contribution in [0.5, 0.6) is 0 Å². The van der Waals surface area contributed by atoms with Gasteiger partial charge in [0.25, 0.3) is 0 Å². The molecule has 2 heteroatoms. The molecule has 14 heavy (non-hydrogen) atoms. The second kappa shape index (κ2) is 10.3. The molecular weight excluding hydrogens is 172 g/mol. The molecule has 0 atom stereocenters. The van der Waals surface area contributed by atoms with Gasteiger partial charge in [0.15, 0.2) is 0 Å². The Labute approximate surface area is 88.5 Å². The van der Waals surface area contributed by atoms with E-state index in [9.17, 15) is 0 Å². The quantitative estimate of drug-likeness (QED) is 0.341. The lowest BCUT2D eigenvalue weighted by molar-refractivity contribution is 0.582. The first kappa shape index (κ1) is 13.2. The van der Waals surface area contributed by atoms with Gasteiger partial charge in [-0.15, -0.1) is 0 Å². The number of nitrogens with one attached hydrogen (secondary N) is 1. The van der Waals surface area contributed by atoms with E-state index < -0.39 is 0 Å². The summed E-state index contributed by atoms with van der Waals surface area (Å²) in [5, 5.41) is 4.03. The summed E-state index contributed by atoms with van der Waals surface area (Å²) in [5.74, 6) is 0. The standard InChI is InChI=1S/C12H24N2/c1-4-5-6-7-8-9-10-13-14-11-12(2)3/h11,13H,2,4-10H2,1,3H3. The van der Waals surface area contributed by atoms with Crippen molar-refractivity contribution in [2.75, 3.05) is 6.54 Å². The smallest absolute Gasteiger partial charge is 0.0491 e. The van der Waals surface area contributed by atoms with Crippen molar-refractivity contribution in [2.24, 2.45) is 5.10 Å². The van der Waals surface area contributed by atoms with Crippen LogP contribution in [0.25, 0.3) is 0 Å². The number of hydrogen-bond acceptors (Lipinski definition) is 2. The number of hydrazone groups is 1. The fourth-order valence-corrected chi connectivity index (χ4v) is 1.20. The van der Waals surface area contributed by atoms with Crippen LogP contribution in [0.4, 0.5) is 0 Å². The third kappa shape index (κ3) is 11.2. The number of unbranched alkanes of at least 4 members (excludes halogenated alkanes) is 5. The Morgan fingerprint density at radius 2 is 1.86 bits per heavy atom. The first-order chi connectivity index (χ1) is 6.77. The van der Waals surface area contributed by atoms with Gasteiger partial charge in [-0.3, -0.25) is 0 Å². The number of nitrogens with zero attached hydrogens (tertiary/aromatic N) is 1. The molecule has 0 unspecified atom stereocenters. The largest absolute Gasteiger partial charge is 0.310 e. The highest BCUT2D eigenvalue weighted by Gasteiger charge is 1.88. The number of rotatable bonds is 9. The third-order valence-corrected chi connectivity index (χ3v) is 2.02. The zero-order chi connectivity index (χ0) is 10.6. The van der Waals surface area contributed by atoms with E-state index >= 15 is 0 Å². The van der Waals surface area contributed by atoms with Gasteiger partial charge in [0.05, 0.1) is 0 Å². The Hall–Kier alpha value is -0.790. The maximum absolute atomic E-state index is 4.03. The van der Waals surface area contributed by atoms with E-state index in [0.29, 0.717) is 0 Å². The van der Waals surface area contributed by atoms with E-state index in [4.69, 9.17) is 0 Å². The first-order valence-electron chi connectivity index (χ1n) is 5.68. The third-order valence-electron chi connectivity index (χ3n) is 2.02. The van der Waals surface area contributed by atoms with Gasteiger partial charge in [-0.2, -0.15) is 5.10 Å². The summed E-state index contributed by atoms with van der Waals surface area (Å²) in [5.41, 5.74) is 4.00. The molecule has 1 N–H and O–H groups in total. The minimum absolute atomic E-state index is 0.982. The Bertz CT molecular complexity index is 162. The lowest BCUT2D eigenvalue weighted by Gasteiger charge is -2.00. The fourth-order valence-electron chi connectivity index (χ4n) is 1.20. The summed E-state index contributed by atoms with van der Waals surface area (Å²) < 4.78 is 0. The fraction of sp³-hybridized carbons (Fsp3) is 0.750. The highest BCUT2D eigenvalue weighted by atomic mass is 15.3. The zero-order valence-electron chi connectivity index (χ0n) is 9.68. The normalized spacial score (nSPS) is 10.7. The highest BCUT2D eigenvalue weighted by Crippen LogP contribution is 2.03. The molecule has 0 aliphatic heterocycles. The van der Waals surface area contributed by atoms with E-state index in [1.807, 2.05) is 6.92 Å². The van der Waals surface area contributed by atoms with Gasteiger partial charge in [-0.05, 0) is 18.9 Å². The van der Waals surface area contributed by atoms with Crippen LogP contribution in [0.3, 0.4) is 0 Å². The molecule has 0 bridgehead atoms. The molecule has 0 aromatic rings.